The van der Waals surface area contributed by atoms with E-state index in [2.05, 4.69) is 30.2 Å². The van der Waals surface area contributed by atoms with Gasteiger partial charge in [-0.1, -0.05) is 50.3 Å². The Labute approximate surface area is 97.5 Å². The van der Waals surface area contributed by atoms with Gasteiger partial charge in [-0.3, -0.25) is 0 Å². The highest BCUT2D eigenvalue weighted by atomic mass is 32.2. The number of rotatable bonds is 5. The normalized spacial score (nSPS) is 9.40. The first-order chi connectivity index (χ1) is 7.43. The Morgan fingerprint density at radius 3 is 2.60 bits per heavy atom. The lowest BCUT2D eigenvalue weighted by Crippen LogP contribution is -1.73. The topological polar surface area (TPSA) is 0 Å². The molecule has 0 unspecified atom stereocenters. The molecule has 1 heteroatoms. The third-order valence-electron chi connectivity index (χ3n) is 2.14. The van der Waals surface area contributed by atoms with Crippen molar-refractivity contribution in [2.75, 3.05) is 0 Å². The van der Waals surface area contributed by atoms with Crippen LogP contribution < -0.4 is 0 Å². The lowest BCUT2D eigenvalue weighted by molar-refractivity contribution is 0.680. The summed E-state index contributed by atoms with van der Waals surface area (Å²) in [6, 6.07) is 10.3. The maximum Gasteiger partial charge on any atom is 0.0203 e. The molecule has 80 valence electrons. The number of thioether (sulfide) groups is 1. The quantitative estimate of drug-likeness (QED) is 0.392. The Balaban J connectivity index is 2.12. The van der Waals surface area contributed by atoms with Crippen LogP contribution in [-0.4, -0.2) is 0 Å². The molecule has 0 aliphatic heterocycles. The van der Waals surface area contributed by atoms with Gasteiger partial charge in [-0.2, -0.15) is 0 Å². The summed E-state index contributed by atoms with van der Waals surface area (Å²) in [4.78, 5) is 1.23. The lowest BCUT2D eigenvalue weighted by Gasteiger charge is -1.92. The molecular weight excluding hydrogens is 200 g/mol. The van der Waals surface area contributed by atoms with Crippen LogP contribution in [-0.2, 0) is 0 Å². The first-order valence-corrected chi connectivity index (χ1v) is 6.45. The van der Waals surface area contributed by atoms with Crippen molar-refractivity contribution >= 4 is 11.8 Å². The monoisotopic (exact) mass is 218 g/mol. The van der Waals surface area contributed by atoms with Crippen LogP contribution in [0.3, 0.4) is 0 Å². The fourth-order valence-electron chi connectivity index (χ4n) is 1.27. The number of benzene rings is 1. The van der Waals surface area contributed by atoms with Crippen LogP contribution in [0.25, 0.3) is 0 Å². The summed E-state index contributed by atoms with van der Waals surface area (Å²) in [7, 11) is 0. The molecule has 0 radical (unpaired) electrons. The van der Waals surface area contributed by atoms with Crippen molar-refractivity contribution in [2.45, 2.75) is 43.9 Å². The second-order valence-electron chi connectivity index (χ2n) is 3.50. The first kappa shape index (κ1) is 12.2. The minimum atomic E-state index is 1.04. The largest absolute Gasteiger partial charge is 0.0909 e. The van der Waals surface area contributed by atoms with Gasteiger partial charge in [-0.15, -0.1) is 0 Å². The molecule has 0 amide bonds. The van der Waals surface area contributed by atoms with E-state index in [1.807, 2.05) is 18.2 Å². The molecule has 0 saturated heterocycles. The van der Waals surface area contributed by atoms with Gasteiger partial charge in [0.2, 0.25) is 0 Å². The van der Waals surface area contributed by atoms with Crippen LogP contribution in [0.1, 0.15) is 39.0 Å². The molecular formula is C14H18S. The summed E-state index contributed by atoms with van der Waals surface area (Å²) >= 11 is 1.62. The fourth-order valence-corrected chi connectivity index (χ4v) is 1.86. The van der Waals surface area contributed by atoms with Crippen molar-refractivity contribution < 1.29 is 0 Å². The number of unbranched alkanes of at least 4 members (excludes halogenated alkanes) is 4. The molecule has 0 aliphatic rings. The second-order valence-corrected chi connectivity index (χ2v) is 4.38. The van der Waals surface area contributed by atoms with E-state index in [0.29, 0.717) is 0 Å². The Morgan fingerprint density at radius 1 is 1.07 bits per heavy atom. The van der Waals surface area contributed by atoms with Gasteiger partial charge >= 0.3 is 0 Å². The van der Waals surface area contributed by atoms with Crippen LogP contribution in [0.15, 0.2) is 35.2 Å². The smallest absolute Gasteiger partial charge is 0.0203 e. The molecule has 1 aromatic rings. The standard InChI is InChI=1S/C14H18S/c1-2-3-4-5-6-10-13-15-14-11-8-7-9-12-14/h7-9,11-12H,2-6H2,1H3. The predicted octanol–water partition coefficient (Wildman–Crippen LogP) is 4.71. The number of hydrogen-bond donors (Lipinski definition) is 0. The zero-order valence-electron chi connectivity index (χ0n) is 9.33. The van der Waals surface area contributed by atoms with Crippen molar-refractivity contribution in [1.82, 2.24) is 0 Å². The average molecular weight is 218 g/mol. The second kappa shape index (κ2) is 8.44. The highest BCUT2D eigenvalue weighted by molar-refractivity contribution is 8.03. The maximum atomic E-state index is 3.21. The van der Waals surface area contributed by atoms with Crippen molar-refractivity contribution in [3.05, 3.63) is 30.3 Å². The third-order valence-corrected chi connectivity index (χ3v) is 2.89. The third kappa shape index (κ3) is 6.25. The molecule has 0 N–H and O–H groups in total. The zero-order chi connectivity index (χ0) is 10.8. The van der Waals surface area contributed by atoms with Crippen LogP contribution in [0.4, 0.5) is 0 Å². The highest BCUT2D eigenvalue weighted by Gasteiger charge is 1.86. The molecule has 0 spiro atoms. The summed E-state index contributed by atoms with van der Waals surface area (Å²) in [5.41, 5.74) is 0. The minimum Gasteiger partial charge on any atom is -0.0909 e. The van der Waals surface area contributed by atoms with Gasteiger partial charge in [-0.05, 0) is 35.6 Å². The first-order valence-electron chi connectivity index (χ1n) is 5.63. The summed E-state index contributed by atoms with van der Waals surface area (Å²) in [6.45, 7) is 2.23. The minimum absolute atomic E-state index is 1.04. The van der Waals surface area contributed by atoms with Crippen molar-refractivity contribution in [3.8, 4) is 11.2 Å². The van der Waals surface area contributed by atoms with Crippen molar-refractivity contribution in [1.29, 1.82) is 0 Å². The molecule has 0 fully saturated rings. The summed E-state index contributed by atoms with van der Waals surface area (Å²) in [5.74, 6) is 3.21. The summed E-state index contributed by atoms with van der Waals surface area (Å²) in [6.07, 6.45) is 6.25. The van der Waals surface area contributed by atoms with E-state index in [-0.39, 0.29) is 0 Å². The van der Waals surface area contributed by atoms with Gasteiger partial charge in [-0.25, -0.2) is 0 Å². The Morgan fingerprint density at radius 2 is 1.87 bits per heavy atom. The zero-order valence-corrected chi connectivity index (χ0v) is 10.1. The molecule has 0 bridgehead atoms. The molecule has 15 heavy (non-hydrogen) atoms. The van der Waals surface area contributed by atoms with E-state index in [4.69, 9.17) is 0 Å². The molecule has 0 nitrogen and oxygen atoms in total. The van der Waals surface area contributed by atoms with E-state index in [9.17, 15) is 0 Å². The molecule has 0 heterocycles. The number of hydrogen-bond acceptors (Lipinski definition) is 1. The van der Waals surface area contributed by atoms with E-state index in [1.54, 1.807) is 11.8 Å². The van der Waals surface area contributed by atoms with Crippen LogP contribution in [0, 0.1) is 11.2 Å². The van der Waals surface area contributed by atoms with Crippen molar-refractivity contribution in [2.24, 2.45) is 0 Å². The van der Waals surface area contributed by atoms with Gasteiger partial charge in [0.1, 0.15) is 0 Å². The molecule has 0 saturated carbocycles. The van der Waals surface area contributed by atoms with Gasteiger partial charge in [0.05, 0.1) is 0 Å². The molecule has 0 aromatic heterocycles. The molecule has 0 aliphatic carbocycles. The SMILES string of the molecule is CCCCCCC#CSc1ccccc1. The van der Waals surface area contributed by atoms with Gasteiger partial charge in [0.15, 0.2) is 0 Å². The average Bonchev–Trinajstić information content (AvgIpc) is 2.29. The van der Waals surface area contributed by atoms with Crippen molar-refractivity contribution in [3.63, 3.8) is 0 Å². The van der Waals surface area contributed by atoms with E-state index >= 15 is 0 Å². The van der Waals surface area contributed by atoms with E-state index in [0.717, 1.165) is 6.42 Å². The van der Waals surface area contributed by atoms with Crippen LogP contribution >= 0.6 is 11.8 Å². The Hall–Kier alpha value is -0.870. The van der Waals surface area contributed by atoms with Crippen LogP contribution in [0.5, 0.6) is 0 Å². The van der Waals surface area contributed by atoms with Gasteiger partial charge in [0.25, 0.3) is 0 Å². The maximum absolute atomic E-state index is 3.21. The molecule has 1 aromatic carbocycles. The Bertz CT molecular complexity index is 305. The van der Waals surface area contributed by atoms with E-state index < -0.39 is 0 Å². The highest BCUT2D eigenvalue weighted by Crippen LogP contribution is 2.15. The summed E-state index contributed by atoms with van der Waals surface area (Å²) in [5, 5.41) is 3.15. The predicted molar refractivity (Wildman–Crippen MR) is 68.8 cm³/mol. The van der Waals surface area contributed by atoms with Crippen LogP contribution in [0.2, 0.25) is 0 Å². The Kier molecular flexibility index (Phi) is 6.86. The fraction of sp³-hybridized carbons (Fsp3) is 0.429. The van der Waals surface area contributed by atoms with E-state index in [1.165, 1.54) is 30.6 Å². The van der Waals surface area contributed by atoms with Gasteiger partial charge < -0.3 is 0 Å². The summed E-state index contributed by atoms with van der Waals surface area (Å²) < 4.78 is 0. The lowest BCUT2D eigenvalue weighted by atomic mass is 10.2. The molecule has 0 atom stereocenters. The molecule has 1 rings (SSSR count). The van der Waals surface area contributed by atoms with Gasteiger partial charge in [0, 0.05) is 11.3 Å².